The van der Waals surface area contributed by atoms with Gasteiger partial charge in [-0.3, -0.25) is 0 Å². The standard InChI is InChI=1S/C14H19ClN2S/c15-10-3-4-14-12(8-10)13(5-7-18-14)17-9-11-2-1-6-16-11/h3-4,8,11,13,16-17H,1-2,5-7,9H2. The second-order valence-corrected chi connectivity index (χ2v) is 6.65. The van der Waals surface area contributed by atoms with Crippen LogP contribution in [0.3, 0.4) is 0 Å². The average Bonchev–Trinajstić information content (AvgIpc) is 2.89. The zero-order valence-electron chi connectivity index (χ0n) is 10.4. The fraction of sp³-hybridized carbons (Fsp3) is 0.571. The van der Waals surface area contributed by atoms with Crippen molar-refractivity contribution in [3.8, 4) is 0 Å². The van der Waals surface area contributed by atoms with E-state index in [-0.39, 0.29) is 0 Å². The maximum atomic E-state index is 6.12. The van der Waals surface area contributed by atoms with E-state index in [0.29, 0.717) is 12.1 Å². The van der Waals surface area contributed by atoms with E-state index < -0.39 is 0 Å². The van der Waals surface area contributed by atoms with Gasteiger partial charge in [0.2, 0.25) is 0 Å². The lowest BCUT2D eigenvalue weighted by Gasteiger charge is -2.27. The highest BCUT2D eigenvalue weighted by molar-refractivity contribution is 7.99. The zero-order chi connectivity index (χ0) is 12.4. The summed E-state index contributed by atoms with van der Waals surface area (Å²) in [5.74, 6) is 1.20. The molecule has 2 unspecified atom stereocenters. The molecule has 0 spiro atoms. The number of fused-ring (bicyclic) bond motifs is 1. The summed E-state index contributed by atoms with van der Waals surface area (Å²) < 4.78 is 0. The molecule has 0 aromatic heterocycles. The van der Waals surface area contributed by atoms with Gasteiger partial charge in [0.1, 0.15) is 0 Å². The first-order chi connectivity index (χ1) is 8.83. The molecule has 2 atom stereocenters. The molecule has 2 nitrogen and oxygen atoms in total. The number of benzene rings is 1. The Morgan fingerprint density at radius 2 is 2.33 bits per heavy atom. The Morgan fingerprint density at radius 1 is 1.39 bits per heavy atom. The van der Waals surface area contributed by atoms with Crippen molar-refractivity contribution in [2.24, 2.45) is 0 Å². The Kier molecular flexibility index (Phi) is 4.14. The fourth-order valence-corrected chi connectivity index (χ4v) is 4.08. The van der Waals surface area contributed by atoms with E-state index in [1.54, 1.807) is 0 Å². The largest absolute Gasteiger partial charge is 0.313 e. The maximum Gasteiger partial charge on any atom is 0.0410 e. The van der Waals surface area contributed by atoms with Crippen LogP contribution in [0.4, 0.5) is 0 Å². The van der Waals surface area contributed by atoms with Crippen LogP contribution in [-0.4, -0.2) is 24.9 Å². The summed E-state index contributed by atoms with van der Waals surface area (Å²) in [5.41, 5.74) is 1.39. The first-order valence-electron chi connectivity index (χ1n) is 6.72. The van der Waals surface area contributed by atoms with Crippen LogP contribution < -0.4 is 10.6 Å². The third-order valence-electron chi connectivity index (χ3n) is 3.78. The van der Waals surface area contributed by atoms with Crippen LogP contribution in [0.25, 0.3) is 0 Å². The van der Waals surface area contributed by atoms with E-state index in [4.69, 9.17) is 11.6 Å². The molecule has 0 bridgehead atoms. The van der Waals surface area contributed by atoms with Crippen LogP contribution in [0.1, 0.15) is 30.9 Å². The fourth-order valence-electron chi connectivity index (χ4n) is 2.79. The molecular weight excluding hydrogens is 264 g/mol. The zero-order valence-corrected chi connectivity index (χ0v) is 12.0. The molecule has 0 radical (unpaired) electrons. The number of hydrogen-bond acceptors (Lipinski definition) is 3. The van der Waals surface area contributed by atoms with Crippen molar-refractivity contribution in [3.05, 3.63) is 28.8 Å². The third-order valence-corrected chi connectivity index (χ3v) is 5.14. The average molecular weight is 283 g/mol. The molecule has 1 aromatic rings. The summed E-state index contributed by atoms with van der Waals surface area (Å²) in [6.45, 7) is 2.25. The molecule has 1 aromatic carbocycles. The first kappa shape index (κ1) is 12.8. The van der Waals surface area contributed by atoms with Gasteiger partial charge in [0, 0.05) is 28.5 Å². The van der Waals surface area contributed by atoms with Crippen LogP contribution in [0.2, 0.25) is 5.02 Å². The summed E-state index contributed by atoms with van der Waals surface area (Å²) in [6.07, 6.45) is 3.82. The van der Waals surface area contributed by atoms with E-state index in [9.17, 15) is 0 Å². The first-order valence-corrected chi connectivity index (χ1v) is 8.08. The Bertz CT molecular complexity index is 418. The summed E-state index contributed by atoms with van der Waals surface area (Å²) in [7, 11) is 0. The van der Waals surface area contributed by atoms with Gasteiger partial charge in [0.25, 0.3) is 0 Å². The summed E-state index contributed by atoms with van der Waals surface area (Å²) in [6, 6.07) is 7.41. The molecule has 0 amide bonds. The van der Waals surface area contributed by atoms with E-state index in [1.807, 2.05) is 17.8 Å². The molecule has 2 aliphatic heterocycles. The van der Waals surface area contributed by atoms with Gasteiger partial charge < -0.3 is 10.6 Å². The van der Waals surface area contributed by atoms with E-state index in [0.717, 1.165) is 11.6 Å². The molecule has 1 fully saturated rings. The van der Waals surface area contributed by atoms with Gasteiger partial charge in [-0.05, 0) is 55.3 Å². The maximum absolute atomic E-state index is 6.12. The van der Waals surface area contributed by atoms with Crippen LogP contribution >= 0.6 is 23.4 Å². The van der Waals surface area contributed by atoms with Crippen molar-refractivity contribution in [3.63, 3.8) is 0 Å². The van der Waals surface area contributed by atoms with Crippen LogP contribution in [0, 0.1) is 0 Å². The predicted octanol–water partition coefficient (Wildman–Crippen LogP) is 3.22. The highest BCUT2D eigenvalue weighted by Gasteiger charge is 2.22. The second kappa shape index (κ2) is 5.83. The Morgan fingerprint density at radius 3 is 3.17 bits per heavy atom. The highest BCUT2D eigenvalue weighted by atomic mass is 35.5. The Hall–Kier alpha value is -0.220. The molecule has 18 heavy (non-hydrogen) atoms. The Balaban J connectivity index is 1.68. The number of rotatable bonds is 3. The number of thioether (sulfide) groups is 1. The van der Waals surface area contributed by atoms with Crippen molar-refractivity contribution in [1.29, 1.82) is 0 Å². The van der Waals surface area contributed by atoms with Gasteiger partial charge in [0.15, 0.2) is 0 Å². The van der Waals surface area contributed by atoms with Gasteiger partial charge in [0.05, 0.1) is 0 Å². The minimum Gasteiger partial charge on any atom is -0.313 e. The molecule has 2 aliphatic rings. The van der Waals surface area contributed by atoms with Crippen LogP contribution in [0.15, 0.2) is 23.1 Å². The number of hydrogen-bond donors (Lipinski definition) is 2. The minimum atomic E-state index is 0.474. The SMILES string of the molecule is Clc1ccc2c(c1)C(NCC1CCCN1)CCS2. The minimum absolute atomic E-state index is 0.474. The molecule has 0 saturated carbocycles. The molecule has 2 N–H and O–H groups in total. The van der Waals surface area contributed by atoms with Crippen molar-refractivity contribution >= 4 is 23.4 Å². The molecule has 0 aliphatic carbocycles. The van der Waals surface area contributed by atoms with Gasteiger partial charge in [-0.2, -0.15) is 0 Å². The summed E-state index contributed by atoms with van der Waals surface area (Å²) >= 11 is 8.06. The number of nitrogens with one attached hydrogen (secondary N) is 2. The number of halogens is 1. The third kappa shape index (κ3) is 2.85. The van der Waals surface area contributed by atoms with Crippen LogP contribution in [0.5, 0.6) is 0 Å². The van der Waals surface area contributed by atoms with Crippen LogP contribution in [-0.2, 0) is 0 Å². The molecule has 4 heteroatoms. The van der Waals surface area contributed by atoms with Crippen molar-refractivity contribution in [2.75, 3.05) is 18.8 Å². The summed E-state index contributed by atoms with van der Waals surface area (Å²) in [4.78, 5) is 1.39. The lowest BCUT2D eigenvalue weighted by Crippen LogP contribution is -2.36. The predicted molar refractivity (Wildman–Crippen MR) is 78.6 cm³/mol. The van der Waals surface area contributed by atoms with Crippen molar-refractivity contribution in [1.82, 2.24) is 10.6 Å². The van der Waals surface area contributed by atoms with E-state index in [1.165, 1.54) is 42.0 Å². The quantitative estimate of drug-likeness (QED) is 0.890. The smallest absolute Gasteiger partial charge is 0.0410 e. The van der Waals surface area contributed by atoms with E-state index in [2.05, 4.69) is 22.8 Å². The monoisotopic (exact) mass is 282 g/mol. The normalized spacial score (nSPS) is 27.2. The van der Waals surface area contributed by atoms with Gasteiger partial charge >= 0.3 is 0 Å². The highest BCUT2D eigenvalue weighted by Crippen LogP contribution is 2.37. The molecule has 1 saturated heterocycles. The van der Waals surface area contributed by atoms with Gasteiger partial charge in [-0.1, -0.05) is 11.6 Å². The molecule has 98 valence electrons. The lowest BCUT2D eigenvalue weighted by molar-refractivity contribution is 0.457. The van der Waals surface area contributed by atoms with Crippen molar-refractivity contribution < 1.29 is 0 Å². The van der Waals surface area contributed by atoms with Crippen molar-refractivity contribution in [2.45, 2.75) is 36.2 Å². The molecule has 3 rings (SSSR count). The Labute approximate surface area is 118 Å². The van der Waals surface area contributed by atoms with Gasteiger partial charge in [-0.25, -0.2) is 0 Å². The molecule has 2 heterocycles. The topological polar surface area (TPSA) is 24.1 Å². The second-order valence-electron chi connectivity index (χ2n) is 5.07. The molecular formula is C14H19ClN2S. The van der Waals surface area contributed by atoms with E-state index >= 15 is 0 Å². The summed E-state index contributed by atoms with van der Waals surface area (Å²) in [5, 5.41) is 8.10. The van der Waals surface area contributed by atoms with Gasteiger partial charge in [-0.15, -0.1) is 11.8 Å². The lowest BCUT2D eigenvalue weighted by atomic mass is 10.0.